The smallest absolute Gasteiger partial charge is 0.258 e. The van der Waals surface area contributed by atoms with E-state index in [9.17, 15) is 4.79 Å². The topological polar surface area (TPSA) is 72.7 Å². The van der Waals surface area contributed by atoms with E-state index in [1.54, 1.807) is 17.0 Å². The second kappa shape index (κ2) is 4.73. The van der Waals surface area contributed by atoms with Gasteiger partial charge in [0.2, 0.25) is 0 Å². The first kappa shape index (κ1) is 11.3. The van der Waals surface area contributed by atoms with Gasteiger partial charge in [-0.1, -0.05) is 6.92 Å². The van der Waals surface area contributed by atoms with Gasteiger partial charge in [-0.05, 0) is 12.5 Å². The van der Waals surface area contributed by atoms with Crippen molar-refractivity contribution in [3.05, 3.63) is 36.0 Å². The molecule has 17 heavy (non-hydrogen) atoms. The molecule has 0 atom stereocenters. The molecule has 0 saturated heterocycles. The van der Waals surface area contributed by atoms with Gasteiger partial charge in [-0.2, -0.15) is 10.2 Å². The quantitative estimate of drug-likeness (QED) is 0.856. The number of imidazole rings is 1. The molecule has 2 aromatic heterocycles. The molecule has 2 heterocycles. The van der Waals surface area contributed by atoms with Gasteiger partial charge in [-0.25, -0.2) is 4.98 Å². The zero-order chi connectivity index (χ0) is 12.3. The number of amides is 1. The number of nitrogens with zero attached hydrogens (tertiary/aromatic N) is 4. The lowest BCUT2D eigenvalue weighted by atomic mass is 10.3. The van der Waals surface area contributed by atoms with Crippen LogP contribution in [0.2, 0.25) is 0 Å². The Morgan fingerprint density at radius 2 is 2.29 bits per heavy atom. The number of carbonyl (C=O) groups excluding carboxylic acids is 1. The monoisotopic (exact) mass is 231 g/mol. The van der Waals surface area contributed by atoms with Crippen LogP contribution in [0.15, 0.2) is 24.8 Å². The zero-order valence-corrected chi connectivity index (χ0v) is 9.71. The van der Waals surface area contributed by atoms with Crippen LogP contribution in [0.3, 0.4) is 0 Å². The molecule has 1 N–H and O–H groups in total. The minimum Gasteiger partial charge on any atom is -0.320 e. The van der Waals surface area contributed by atoms with E-state index in [2.05, 4.69) is 20.5 Å². The zero-order valence-electron chi connectivity index (χ0n) is 9.71. The van der Waals surface area contributed by atoms with Crippen molar-refractivity contribution in [2.75, 3.05) is 5.32 Å². The van der Waals surface area contributed by atoms with Crippen LogP contribution in [-0.2, 0) is 13.5 Å². The van der Waals surface area contributed by atoms with Crippen molar-refractivity contribution < 1.29 is 4.79 Å². The van der Waals surface area contributed by atoms with E-state index in [-0.39, 0.29) is 5.91 Å². The number of anilines is 1. The number of hydrogen-bond acceptors (Lipinski definition) is 4. The highest BCUT2D eigenvalue weighted by atomic mass is 16.1. The summed E-state index contributed by atoms with van der Waals surface area (Å²) < 4.78 is 1.78. The number of aryl methyl sites for hydroxylation is 2. The summed E-state index contributed by atoms with van der Waals surface area (Å²) in [5, 5.41) is 10.1. The SMILES string of the molecule is CCc1ncn(C)c1NC(=O)c1ccnnc1. The van der Waals surface area contributed by atoms with E-state index in [0.717, 1.165) is 12.1 Å². The molecular formula is C11H13N5O. The normalized spacial score (nSPS) is 10.2. The highest BCUT2D eigenvalue weighted by molar-refractivity contribution is 6.03. The Kier molecular flexibility index (Phi) is 3.13. The highest BCUT2D eigenvalue weighted by Gasteiger charge is 2.12. The predicted molar refractivity (Wildman–Crippen MR) is 62.6 cm³/mol. The van der Waals surface area contributed by atoms with Crippen molar-refractivity contribution >= 4 is 11.7 Å². The van der Waals surface area contributed by atoms with Crippen LogP contribution in [0, 0.1) is 0 Å². The van der Waals surface area contributed by atoms with Crippen molar-refractivity contribution in [1.29, 1.82) is 0 Å². The number of carbonyl (C=O) groups is 1. The van der Waals surface area contributed by atoms with E-state index in [1.807, 2.05) is 14.0 Å². The lowest BCUT2D eigenvalue weighted by molar-refractivity contribution is 0.102. The molecule has 0 aliphatic carbocycles. The minimum absolute atomic E-state index is 0.210. The Labute approximate surface area is 98.7 Å². The molecule has 2 rings (SSSR count). The number of nitrogens with one attached hydrogen (secondary N) is 1. The molecule has 0 spiro atoms. The van der Waals surface area contributed by atoms with Gasteiger partial charge in [0.1, 0.15) is 5.82 Å². The van der Waals surface area contributed by atoms with Gasteiger partial charge in [0, 0.05) is 7.05 Å². The first-order chi connectivity index (χ1) is 8.22. The fraction of sp³-hybridized carbons (Fsp3) is 0.273. The van der Waals surface area contributed by atoms with Gasteiger partial charge < -0.3 is 9.88 Å². The maximum Gasteiger partial charge on any atom is 0.258 e. The molecule has 0 radical (unpaired) electrons. The van der Waals surface area contributed by atoms with Crippen molar-refractivity contribution in [3.8, 4) is 0 Å². The average molecular weight is 231 g/mol. The van der Waals surface area contributed by atoms with Crippen LogP contribution in [0.1, 0.15) is 23.0 Å². The molecular weight excluding hydrogens is 218 g/mol. The molecule has 6 nitrogen and oxygen atoms in total. The van der Waals surface area contributed by atoms with E-state index in [0.29, 0.717) is 11.4 Å². The van der Waals surface area contributed by atoms with E-state index < -0.39 is 0 Å². The molecule has 1 amide bonds. The molecule has 0 aromatic carbocycles. The Morgan fingerprint density at radius 3 is 2.94 bits per heavy atom. The molecule has 0 fully saturated rings. The Morgan fingerprint density at radius 1 is 1.47 bits per heavy atom. The van der Waals surface area contributed by atoms with E-state index >= 15 is 0 Å². The van der Waals surface area contributed by atoms with Crippen molar-refractivity contribution in [3.63, 3.8) is 0 Å². The summed E-state index contributed by atoms with van der Waals surface area (Å²) in [4.78, 5) is 16.1. The van der Waals surface area contributed by atoms with Crippen LogP contribution < -0.4 is 5.32 Å². The van der Waals surface area contributed by atoms with Gasteiger partial charge >= 0.3 is 0 Å². The molecule has 88 valence electrons. The lowest BCUT2D eigenvalue weighted by Crippen LogP contribution is -2.15. The standard InChI is InChI=1S/C11H13N5O/c1-3-9-10(16(2)7-12-9)15-11(17)8-4-5-13-14-6-8/h4-7H,3H2,1-2H3,(H,15,17). The third-order valence-corrected chi connectivity index (χ3v) is 2.43. The van der Waals surface area contributed by atoms with E-state index in [4.69, 9.17) is 0 Å². The van der Waals surface area contributed by atoms with Crippen LogP contribution in [0.5, 0.6) is 0 Å². The van der Waals surface area contributed by atoms with Crippen LogP contribution in [-0.4, -0.2) is 25.7 Å². The van der Waals surface area contributed by atoms with Gasteiger partial charge in [0.25, 0.3) is 5.91 Å². The molecule has 0 unspecified atom stereocenters. The van der Waals surface area contributed by atoms with Gasteiger partial charge in [-0.15, -0.1) is 0 Å². The number of hydrogen-bond donors (Lipinski definition) is 1. The summed E-state index contributed by atoms with van der Waals surface area (Å²) in [6.45, 7) is 1.99. The van der Waals surface area contributed by atoms with E-state index in [1.165, 1.54) is 12.4 Å². The second-order valence-corrected chi connectivity index (χ2v) is 3.59. The maximum absolute atomic E-state index is 11.9. The Bertz CT molecular complexity index is 520. The number of aromatic nitrogens is 4. The molecule has 0 bridgehead atoms. The predicted octanol–water partition coefficient (Wildman–Crippen LogP) is 1.02. The van der Waals surface area contributed by atoms with Crippen molar-refractivity contribution in [2.24, 2.45) is 7.05 Å². The molecule has 2 aromatic rings. The summed E-state index contributed by atoms with van der Waals surface area (Å²) in [6, 6.07) is 1.62. The third-order valence-electron chi connectivity index (χ3n) is 2.43. The van der Waals surface area contributed by atoms with Gasteiger partial charge in [-0.3, -0.25) is 4.79 Å². The fourth-order valence-corrected chi connectivity index (χ4v) is 1.50. The van der Waals surface area contributed by atoms with Gasteiger partial charge in [0.05, 0.1) is 30.0 Å². The number of rotatable bonds is 3. The average Bonchev–Trinajstić information content (AvgIpc) is 2.71. The summed E-state index contributed by atoms with van der Waals surface area (Å²) in [6.07, 6.45) is 5.36. The van der Waals surface area contributed by atoms with Crippen LogP contribution in [0.25, 0.3) is 0 Å². The Balaban J connectivity index is 2.21. The molecule has 0 aliphatic rings. The molecule has 6 heteroatoms. The summed E-state index contributed by atoms with van der Waals surface area (Å²) in [7, 11) is 1.84. The van der Waals surface area contributed by atoms with Crippen LogP contribution in [0.4, 0.5) is 5.82 Å². The van der Waals surface area contributed by atoms with Gasteiger partial charge in [0.15, 0.2) is 0 Å². The van der Waals surface area contributed by atoms with Crippen molar-refractivity contribution in [2.45, 2.75) is 13.3 Å². The minimum atomic E-state index is -0.210. The highest BCUT2D eigenvalue weighted by Crippen LogP contribution is 2.14. The third kappa shape index (κ3) is 2.30. The molecule has 0 saturated carbocycles. The largest absolute Gasteiger partial charge is 0.320 e. The van der Waals surface area contributed by atoms with Crippen molar-refractivity contribution in [1.82, 2.24) is 19.7 Å². The Hall–Kier alpha value is -2.24. The fourth-order valence-electron chi connectivity index (χ4n) is 1.50. The lowest BCUT2D eigenvalue weighted by Gasteiger charge is -2.07. The summed E-state index contributed by atoms with van der Waals surface area (Å²) in [5.41, 5.74) is 1.34. The van der Waals surface area contributed by atoms with Crippen LogP contribution >= 0.6 is 0 Å². The summed E-state index contributed by atoms with van der Waals surface area (Å²) >= 11 is 0. The maximum atomic E-state index is 11.9. The first-order valence-electron chi connectivity index (χ1n) is 5.30. The summed E-state index contributed by atoms with van der Waals surface area (Å²) in [5.74, 6) is 0.507. The first-order valence-corrected chi connectivity index (χ1v) is 5.30. The molecule has 0 aliphatic heterocycles. The second-order valence-electron chi connectivity index (χ2n) is 3.59.